The number of benzene rings is 2. The summed E-state index contributed by atoms with van der Waals surface area (Å²) < 4.78 is 42.8. The molecule has 20 heavy (non-hydrogen) atoms. The first-order chi connectivity index (χ1) is 9.40. The van der Waals surface area contributed by atoms with Crippen molar-refractivity contribution in [2.75, 3.05) is 0 Å². The Hall–Kier alpha value is -1.24. The van der Waals surface area contributed by atoms with Crippen LogP contribution in [0.2, 0.25) is 0 Å². The summed E-state index contributed by atoms with van der Waals surface area (Å²) in [5.41, 5.74) is 1.12. The van der Waals surface area contributed by atoms with E-state index in [0.717, 1.165) is 5.56 Å². The van der Waals surface area contributed by atoms with Crippen LogP contribution in [-0.2, 0) is 20.9 Å². The minimum atomic E-state index is -3.89. The average Bonchev–Trinajstić information content (AvgIpc) is 2.41. The van der Waals surface area contributed by atoms with Gasteiger partial charge in [-0.25, -0.2) is 4.39 Å². The first kappa shape index (κ1) is 15.2. The van der Waals surface area contributed by atoms with Crippen molar-refractivity contribution >= 4 is 26.0 Å². The van der Waals surface area contributed by atoms with Gasteiger partial charge in [-0.1, -0.05) is 29.8 Å². The van der Waals surface area contributed by atoms with E-state index in [1.807, 2.05) is 6.92 Å². The van der Waals surface area contributed by atoms with E-state index in [1.165, 1.54) is 24.3 Å². The van der Waals surface area contributed by atoms with Gasteiger partial charge in [0.05, 0.1) is 16.0 Å². The maximum absolute atomic E-state index is 13.7. The highest BCUT2D eigenvalue weighted by Gasteiger charge is 2.16. The van der Waals surface area contributed by atoms with Crippen molar-refractivity contribution in [3.8, 4) is 0 Å². The van der Waals surface area contributed by atoms with Gasteiger partial charge in [-0.2, -0.15) is 8.42 Å². The van der Waals surface area contributed by atoms with Crippen LogP contribution in [-0.4, -0.2) is 8.42 Å². The highest BCUT2D eigenvalue weighted by Crippen LogP contribution is 2.21. The minimum absolute atomic E-state index is 0.0542. The fourth-order valence-corrected chi connectivity index (χ4v) is 2.87. The van der Waals surface area contributed by atoms with E-state index in [-0.39, 0.29) is 21.5 Å². The van der Waals surface area contributed by atoms with Crippen molar-refractivity contribution in [1.29, 1.82) is 0 Å². The van der Waals surface area contributed by atoms with E-state index in [9.17, 15) is 12.8 Å². The quantitative estimate of drug-likeness (QED) is 0.780. The summed E-state index contributed by atoms with van der Waals surface area (Å²) in [6.45, 7) is 1.51. The molecule has 0 unspecified atom stereocenters. The molecular weight excluding hydrogens is 347 g/mol. The number of hydrogen-bond acceptors (Lipinski definition) is 3. The Morgan fingerprint density at radius 2 is 1.80 bits per heavy atom. The fourth-order valence-electron chi connectivity index (χ4n) is 1.57. The normalized spacial score (nSPS) is 11.6. The Morgan fingerprint density at radius 1 is 1.15 bits per heavy atom. The van der Waals surface area contributed by atoms with Crippen LogP contribution >= 0.6 is 15.9 Å². The van der Waals surface area contributed by atoms with Gasteiger partial charge < -0.3 is 0 Å². The third-order valence-electron chi connectivity index (χ3n) is 2.71. The Labute approximate surface area is 125 Å². The van der Waals surface area contributed by atoms with Gasteiger partial charge in [0.2, 0.25) is 0 Å². The van der Waals surface area contributed by atoms with Crippen LogP contribution < -0.4 is 0 Å². The van der Waals surface area contributed by atoms with Gasteiger partial charge in [-0.3, -0.25) is 4.18 Å². The monoisotopic (exact) mass is 358 g/mol. The first-order valence-electron chi connectivity index (χ1n) is 5.79. The number of rotatable bonds is 4. The van der Waals surface area contributed by atoms with E-state index < -0.39 is 15.9 Å². The molecule has 0 aliphatic rings. The molecule has 0 aliphatic heterocycles. The molecule has 0 aromatic heterocycles. The second-order valence-corrected chi connectivity index (χ2v) is 6.71. The molecule has 0 saturated carbocycles. The standard InChI is InChI=1S/C14H12BrFO3S/c1-10-5-7-12(8-6-10)20(17,18)19-9-11-3-2-4-13(15)14(11)16/h2-8H,9H2,1H3. The van der Waals surface area contributed by atoms with E-state index >= 15 is 0 Å². The summed E-state index contributed by atoms with van der Waals surface area (Å²) in [6, 6.07) is 10.9. The summed E-state index contributed by atoms with van der Waals surface area (Å²) in [6.07, 6.45) is 0. The van der Waals surface area contributed by atoms with Crippen LogP contribution in [0.1, 0.15) is 11.1 Å². The molecule has 106 valence electrons. The van der Waals surface area contributed by atoms with E-state index in [1.54, 1.807) is 18.2 Å². The molecule has 0 aliphatic carbocycles. The summed E-state index contributed by atoms with van der Waals surface area (Å²) in [7, 11) is -3.89. The molecule has 0 saturated heterocycles. The Morgan fingerprint density at radius 3 is 2.45 bits per heavy atom. The molecule has 0 atom stereocenters. The predicted octanol–water partition coefficient (Wildman–Crippen LogP) is 3.80. The third-order valence-corrected chi connectivity index (χ3v) is 4.60. The van der Waals surface area contributed by atoms with Gasteiger partial charge >= 0.3 is 0 Å². The van der Waals surface area contributed by atoms with Crippen molar-refractivity contribution in [3.05, 3.63) is 63.9 Å². The second-order valence-electron chi connectivity index (χ2n) is 4.24. The van der Waals surface area contributed by atoms with Crippen molar-refractivity contribution in [3.63, 3.8) is 0 Å². The van der Waals surface area contributed by atoms with Crippen LogP contribution in [0.3, 0.4) is 0 Å². The molecule has 0 radical (unpaired) electrons. The van der Waals surface area contributed by atoms with E-state index in [0.29, 0.717) is 0 Å². The van der Waals surface area contributed by atoms with Crippen LogP contribution in [0, 0.1) is 12.7 Å². The lowest BCUT2D eigenvalue weighted by atomic mass is 10.2. The highest BCUT2D eigenvalue weighted by atomic mass is 79.9. The van der Waals surface area contributed by atoms with Crippen LogP contribution in [0.4, 0.5) is 4.39 Å². The van der Waals surface area contributed by atoms with E-state index in [4.69, 9.17) is 4.18 Å². The number of aryl methyl sites for hydroxylation is 1. The molecule has 0 bridgehead atoms. The van der Waals surface area contributed by atoms with Gasteiger partial charge in [-0.15, -0.1) is 0 Å². The second kappa shape index (κ2) is 6.03. The zero-order valence-electron chi connectivity index (χ0n) is 10.6. The summed E-state index contributed by atoms with van der Waals surface area (Å²) >= 11 is 3.04. The third kappa shape index (κ3) is 3.45. The molecule has 2 rings (SSSR count). The summed E-state index contributed by atoms with van der Waals surface area (Å²) in [5, 5.41) is 0. The number of halogens is 2. The zero-order valence-corrected chi connectivity index (χ0v) is 13.0. The Kier molecular flexibility index (Phi) is 4.57. The molecule has 0 spiro atoms. The summed E-state index contributed by atoms with van der Waals surface area (Å²) in [4.78, 5) is 0.0542. The van der Waals surface area contributed by atoms with E-state index in [2.05, 4.69) is 15.9 Å². The topological polar surface area (TPSA) is 43.4 Å². The lowest BCUT2D eigenvalue weighted by Crippen LogP contribution is -2.07. The highest BCUT2D eigenvalue weighted by molar-refractivity contribution is 9.10. The molecule has 6 heteroatoms. The first-order valence-corrected chi connectivity index (χ1v) is 7.99. The van der Waals surface area contributed by atoms with Crippen molar-refractivity contribution in [1.82, 2.24) is 0 Å². The average molecular weight is 359 g/mol. The molecule has 3 nitrogen and oxygen atoms in total. The lowest BCUT2D eigenvalue weighted by molar-refractivity contribution is 0.302. The lowest BCUT2D eigenvalue weighted by Gasteiger charge is -2.07. The van der Waals surface area contributed by atoms with Crippen molar-refractivity contribution in [2.24, 2.45) is 0 Å². The molecule has 0 amide bonds. The zero-order chi connectivity index (χ0) is 14.8. The Bertz CT molecular complexity index is 712. The van der Waals surface area contributed by atoms with Crippen LogP contribution in [0.5, 0.6) is 0 Å². The molecule has 0 heterocycles. The largest absolute Gasteiger partial charge is 0.297 e. The molecular formula is C14H12BrFO3S. The fraction of sp³-hybridized carbons (Fsp3) is 0.143. The predicted molar refractivity (Wildman–Crippen MR) is 77.3 cm³/mol. The SMILES string of the molecule is Cc1ccc(S(=O)(=O)OCc2cccc(Br)c2F)cc1. The smallest absolute Gasteiger partial charge is 0.261 e. The van der Waals surface area contributed by atoms with Gasteiger partial charge in [0.25, 0.3) is 10.1 Å². The van der Waals surface area contributed by atoms with Gasteiger partial charge in [0.15, 0.2) is 0 Å². The minimum Gasteiger partial charge on any atom is -0.261 e. The van der Waals surface area contributed by atoms with Gasteiger partial charge in [-0.05, 0) is 41.1 Å². The Balaban J connectivity index is 2.17. The molecule has 2 aromatic rings. The maximum atomic E-state index is 13.7. The van der Waals surface area contributed by atoms with Crippen molar-refractivity contribution in [2.45, 2.75) is 18.4 Å². The number of hydrogen-bond donors (Lipinski definition) is 0. The molecule has 0 fully saturated rings. The maximum Gasteiger partial charge on any atom is 0.297 e. The van der Waals surface area contributed by atoms with Crippen LogP contribution in [0.25, 0.3) is 0 Å². The van der Waals surface area contributed by atoms with Gasteiger partial charge in [0.1, 0.15) is 5.82 Å². The van der Waals surface area contributed by atoms with Gasteiger partial charge in [0, 0.05) is 5.56 Å². The molecule has 2 aromatic carbocycles. The summed E-state index contributed by atoms with van der Waals surface area (Å²) in [5.74, 6) is -0.522. The molecule has 0 N–H and O–H groups in total. The van der Waals surface area contributed by atoms with Crippen molar-refractivity contribution < 1.29 is 17.0 Å². The van der Waals surface area contributed by atoms with Crippen LogP contribution in [0.15, 0.2) is 51.8 Å².